The van der Waals surface area contributed by atoms with Crippen molar-refractivity contribution in [1.29, 1.82) is 0 Å². The molecule has 0 saturated carbocycles. The highest BCUT2D eigenvalue weighted by atomic mass is 16.6. The van der Waals surface area contributed by atoms with Crippen molar-refractivity contribution >= 4 is 12.1 Å². The Labute approximate surface area is 152 Å². The van der Waals surface area contributed by atoms with Crippen LogP contribution in [0.1, 0.15) is 78.6 Å². The number of likely N-dealkylation sites (tertiary alicyclic amines) is 1. The van der Waals surface area contributed by atoms with Gasteiger partial charge in [-0.2, -0.15) is 0 Å². The van der Waals surface area contributed by atoms with Gasteiger partial charge in [0, 0.05) is 19.5 Å². The molecular formula is C20H35NO4. The van der Waals surface area contributed by atoms with E-state index in [2.05, 4.69) is 12.2 Å². The first-order valence-corrected chi connectivity index (χ1v) is 9.64. The first kappa shape index (κ1) is 21.5. The van der Waals surface area contributed by atoms with Crippen LogP contribution in [-0.2, 0) is 9.53 Å². The molecule has 1 heterocycles. The summed E-state index contributed by atoms with van der Waals surface area (Å²) in [4.78, 5) is 24.2. The average molecular weight is 354 g/mol. The lowest BCUT2D eigenvalue weighted by Crippen LogP contribution is -2.35. The number of rotatable bonds is 10. The second kappa shape index (κ2) is 11.2. The molecule has 1 atom stereocenters. The number of carboxylic acids is 1. The molecule has 0 aromatic carbocycles. The molecule has 5 heteroatoms. The van der Waals surface area contributed by atoms with Gasteiger partial charge in [-0.1, -0.05) is 37.8 Å². The van der Waals surface area contributed by atoms with Crippen molar-refractivity contribution < 1.29 is 19.4 Å². The van der Waals surface area contributed by atoms with Gasteiger partial charge in [-0.15, -0.1) is 0 Å². The van der Waals surface area contributed by atoms with Gasteiger partial charge in [0.1, 0.15) is 5.60 Å². The number of carboxylic acid groups (broad SMARTS) is 1. The van der Waals surface area contributed by atoms with Crippen LogP contribution < -0.4 is 0 Å². The van der Waals surface area contributed by atoms with Crippen molar-refractivity contribution in [2.24, 2.45) is 5.92 Å². The van der Waals surface area contributed by atoms with Crippen LogP contribution in [-0.4, -0.2) is 40.8 Å². The topological polar surface area (TPSA) is 66.8 Å². The number of aliphatic carboxylic acids is 1. The van der Waals surface area contributed by atoms with Crippen LogP contribution in [0.4, 0.5) is 4.79 Å². The Hall–Kier alpha value is -1.52. The number of allylic oxidation sites excluding steroid dienone is 1. The fourth-order valence-electron chi connectivity index (χ4n) is 2.97. The Kier molecular flexibility index (Phi) is 9.61. The standard InChI is InChI=1S/C20H35NO4/c1-20(2,3)25-19(24)21-15-14-17(16-21)12-10-8-6-4-5-7-9-11-13-18(22)23/h10,12,17H,4-9,11,13-16H2,1-3H3,(H,22,23). The van der Waals surface area contributed by atoms with Crippen molar-refractivity contribution in [3.8, 4) is 0 Å². The van der Waals surface area contributed by atoms with Crippen LogP contribution in [0, 0.1) is 5.92 Å². The minimum Gasteiger partial charge on any atom is -0.481 e. The van der Waals surface area contributed by atoms with E-state index in [1.54, 1.807) is 4.90 Å². The second-order valence-corrected chi connectivity index (χ2v) is 7.96. The third-order valence-corrected chi connectivity index (χ3v) is 4.30. The first-order chi connectivity index (χ1) is 11.8. The van der Waals surface area contributed by atoms with Crippen molar-refractivity contribution in [2.75, 3.05) is 13.1 Å². The number of hydrogen-bond donors (Lipinski definition) is 1. The fourth-order valence-corrected chi connectivity index (χ4v) is 2.97. The maximum Gasteiger partial charge on any atom is 0.410 e. The van der Waals surface area contributed by atoms with Gasteiger partial charge < -0.3 is 14.7 Å². The quantitative estimate of drug-likeness (QED) is 0.443. The van der Waals surface area contributed by atoms with Crippen LogP contribution in [0.3, 0.4) is 0 Å². The average Bonchev–Trinajstić information content (AvgIpc) is 2.96. The Morgan fingerprint density at radius 3 is 2.40 bits per heavy atom. The molecule has 5 nitrogen and oxygen atoms in total. The van der Waals surface area contributed by atoms with Crippen molar-refractivity contribution in [3.05, 3.63) is 12.2 Å². The highest BCUT2D eigenvalue weighted by Gasteiger charge is 2.28. The van der Waals surface area contributed by atoms with Gasteiger partial charge >= 0.3 is 12.1 Å². The maximum atomic E-state index is 12.0. The van der Waals surface area contributed by atoms with Crippen LogP contribution in [0.25, 0.3) is 0 Å². The van der Waals surface area contributed by atoms with Gasteiger partial charge in [0.05, 0.1) is 0 Å². The van der Waals surface area contributed by atoms with Gasteiger partial charge in [-0.3, -0.25) is 4.79 Å². The number of amides is 1. The number of unbranched alkanes of at least 4 members (excludes halogenated alkanes) is 6. The van der Waals surface area contributed by atoms with E-state index in [4.69, 9.17) is 9.84 Å². The molecule has 0 aliphatic carbocycles. The third-order valence-electron chi connectivity index (χ3n) is 4.30. The molecule has 0 bridgehead atoms. The number of hydrogen-bond acceptors (Lipinski definition) is 3. The van der Waals surface area contributed by atoms with E-state index < -0.39 is 11.6 Å². The summed E-state index contributed by atoms with van der Waals surface area (Å²) in [6.45, 7) is 7.22. The molecule has 0 radical (unpaired) electrons. The molecule has 144 valence electrons. The van der Waals surface area contributed by atoms with E-state index >= 15 is 0 Å². The minimum atomic E-state index is -0.692. The molecule has 1 aliphatic rings. The lowest BCUT2D eigenvalue weighted by Gasteiger charge is -2.24. The Balaban J connectivity index is 2.04. The normalized spacial score (nSPS) is 18.0. The summed E-state index contributed by atoms with van der Waals surface area (Å²) in [6, 6.07) is 0. The van der Waals surface area contributed by atoms with Crippen LogP contribution in [0.5, 0.6) is 0 Å². The molecule has 25 heavy (non-hydrogen) atoms. The number of ether oxygens (including phenoxy) is 1. The van der Waals surface area contributed by atoms with E-state index in [1.807, 2.05) is 20.8 Å². The molecule has 1 saturated heterocycles. The summed E-state index contributed by atoms with van der Waals surface area (Å²) in [5.41, 5.74) is -0.432. The molecule has 1 N–H and O–H groups in total. The third kappa shape index (κ3) is 10.8. The summed E-state index contributed by atoms with van der Waals surface area (Å²) in [6.07, 6.45) is 13.2. The number of carbonyl (C=O) groups is 2. The summed E-state index contributed by atoms with van der Waals surface area (Å²) < 4.78 is 5.41. The van der Waals surface area contributed by atoms with Gasteiger partial charge in [0.25, 0.3) is 0 Å². The lowest BCUT2D eigenvalue weighted by atomic mass is 10.1. The largest absolute Gasteiger partial charge is 0.481 e. The van der Waals surface area contributed by atoms with E-state index in [-0.39, 0.29) is 6.09 Å². The fraction of sp³-hybridized carbons (Fsp3) is 0.800. The second-order valence-electron chi connectivity index (χ2n) is 7.96. The maximum absolute atomic E-state index is 12.0. The highest BCUT2D eigenvalue weighted by Crippen LogP contribution is 2.21. The zero-order valence-electron chi connectivity index (χ0n) is 16.1. The van der Waals surface area contributed by atoms with Gasteiger partial charge in [-0.05, 0) is 52.4 Å². The molecule has 1 fully saturated rings. The highest BCUT2D eigenvalue weighted by molar-refractivity contribution is 5.68. The van der Waals surface area contributed by atoms with E-state index in [0.717, 1.165) is 45.2 Å². The Bertz CT molecular complexity index is 439. The zero-order valence-corrected chi connectivity index (χ0v) is 16.1. The molecule has 1 amide bonds. The molecule has 0 aromatic rings. The van der Waals surface area contributed by atoms with Crippen molar-refractivity contribution in [1.82, 2.24) is 4.90 Å². The van der Waals surface area contributed by atoms with Gasteiger partial charge in [0.15, 0.2) is 0 Å². The lowest BCUT2D eigenvalue weighted by molar-refractivity contribution is -0.137. The molecule has 1 rings (SSSR count). The Morgan fingerprint density at radius 2 is 1.76 bits per heavy atom. The van der Waals surface area contributed by atoms with Crippen LogP contribution in [0.15, 0.2) is 12.2 Å². The molecule has 0 aromatic heterocycles. The zero-order chi connectivity index (χ0) is 18.7. The summed E-state index contributed by atoms with van der Waals surface area (Å²) in [5, 5.41) is 8.56. The number of nitrogens with zero attached hydrogens (tertiary/aromatic N) is 1. The van der Waals surface area contributed by atoms with Crippen molar-refractivity contribution in [3.63, 3.8) is 0 Å². The Morgan fingerprint density at radius 1 is 1.12 bits per heavy atom. The SMILES string of the molecule is CC(C)(C)OC(=O)N1CCC(C=CCCCCCCCCC(=O)O)C1. The van der Waals surface area contributed by atoms with Gasteiger partial charge in [0.2, 0.25) is 0 Å². The van der Waals surface area contributed by atoms with E-state index in [9.17, 15) is 9.59 Å². The molecular weight excluding hydrogens is 318 g/mol. The predicted octanol–water partition coefficient (Wildman–Crippen LogP) is 5.01. The first-order valence-electron chi connectivity index (χ1n) is 9.64. The molecule has 0 spiro atoms. The monoisotopic (exact) mass is 353 g/mol. The smallest absolute Gasteiger partial charge is 0.410 e. The number of carbonyl (C=O) groups excluding carboxylic acids is 1. The van der Waals surface area contributed by atoms with E-state index in [1.165, 1.54) is 19.3 Å². The minimum absolute atomic E-state index is 0.203. The van der Waals surface area contributed by atoms with Crippen LogP contribution >= 0.6 is 0 Å². The van der Waals surface area contributed by atoms with Crippen molar-refractivity contribution in [2.45, 2.75) is 84.2 Å². The van der Waals surface area contributed by atoms with Crippen LogP contribution in [0.2, 0.25) is 0 Å². The molecule has 1 unspecified atom stereocenters. The summed E-state index contributed by atoms with van der Waals surface area (Å²) in [5.74, 6) is -0.245. The van der Waals surface area contributed by atoms with E-state index in [0.29, 0.717) is 12.3 Å². The predicted molar refractivity (Wildman–Crippen MR) is 99.6 cm³/mol. The summed E-state index contributed by atoms with van der Waals surface area (Å²) in [7, 11) is 0. The van der Waals surface area contributed by atoms with Gasteiger partial charge in [-0.25, -0.2) is 4.79 Å². The molecule has 1 aliphatic heterocycles. The summed E-state index contributed by atoms with van der Waals surface area (Å²) >= 11 is 0.